The zero-order valence-electron chi connectivity index (χ0n) is 13.0. The summed E-state index contributed by atoms with van der Waals surface area (Å²) in [6.07, 6.45) is 2.43. The third-order valence-electron chi connectivity index (χ3n) is 3.97. The van der Waals surface area contributed by atoms with Crippen LogP contribution in [0.3, 0.4) is 0 Å². The van der Waals surface area contributed by atoms with Gasteiger partial charge in [-0.2, -0.15) is 0 Å². The third kappa shape index (κ3) is 3.60. The molecule has 22 heavy (non-hydrogen) atoms. The topological polar surface area (TPSA) is 30.5 Å². The van der Waals surface area contributed by atoms with Gasteiger partial charge in [0.1, 0.15) is 6.61 Å². The molecule has 3 nitrogen and oxygen atoms in total. The zero-order chi connectivity index (χ0) is 15.2. The van der Waals surface area contributed by atoms with E-state index in [1.54, 1.807) is 0 Å². The Bertz CT molecular complexity index is 592. The monoisotopic (exact) mass is 297 g/mol. The summed E-state index contributed by atoms with van der Waals surface area (Å²) in [6.45, 7) is 4.30. The molecule has 3 heteroatoms. The van der Waals surface area contributed by atoms with Gasteiger partial charge in [-0.15, -0.1) is 0 Å². The number of nitrogens with one attached hydrogen (secondary N) is 1. The van der Waals surface area contributed by atoms with Crippen molar-refractivity contribution in [2.45, 2.75) is 32.4 Å². The van der Waals surface area contributed by atoms with Gasteiger partial charge >= 0.3 is 0 Å². The maximum atomic E-state index is 5.95. The Balaban J connectivity index is 1.74. The molecule has 1 fully saturated rings. The first-order valence-electron chi connectivity index (χ1n) is 8.03. The van der Waals surface area contributed by atoms with Gasteiger partial charge in [-0.3, -0.25) is 0 Å². The molecule has 116 valence electrons. The molecule has 2 aromatic rings. The van der Waals surface area contributed by atoms with E-state index in [1.807, 2.05) is 31.2 Å². The highest BCUT2D eigenvalue weighted by Crippen LogP contribution is 2.33. The number of benzene rings is 2. The molecule has 1 N–H and O–H groups in total. The summed E-state index contributed by atoms with van der Waals surface area (Å²) in [5.41, 5.74) is 2.44. The van der Waals surface area contributed by atoms with Gasteiger partial charge in [0.2, 0.25) is 0 Å². The van der Waals surface area contributed by atoms with E-state index < -0.39 is 0 Å². The summed E-state index contributed by atoms with van der Waals surface area (Å²) in [5.74, 6) is 1.65. The van der Waals surface area contributed by atoms with Gasteiger partial charge in [0.05, 0.1) is 6.61 Å². The number of hydrogen-bond acceptors (Lipinski definition) is 3. The fraction of sp³-hybridized carbons (Fsp3) is 0.368. The summed E-state index contributed by atoms with van der Waals surface area (Å²) in [7, 11) is 0. The van der Waals surface area contributed by atoms with Crippen molar-refractivity contribution in [3.8, 4) is 11.5 Å². The number of ether oxygens (including phenoxy) is 2. The molecule has 1 aliphatic rings. The molecule has 1 heterocycles. The molecule has 1 saturated heterocycles. The summed E-state index contributed by atoms with van der Waals surface area (Å²) in [4.78, 5) is 0. The van der Waals surface area contributed by atoms with Crippen molar-refractivity contribution >= 4 is 0 Å². The smallest absolute Gasteiger partial charge is 0.161 e. The molecule has 0 aliphatic carbocycles. The summed E-state index contributed by atoms with van der Waals surface area (Å²) >= 11 is 0. The van der Waals surface area contributed by atoms with Crippen molar-refractivity contribution < 1.29 is 9.47 Å². The van der Waals surface area contributed by atoms with Crippen molar-refractivity contribution in [2.75, 3.05) is 13.2 Å². The van der Waals surface area contributed by atoms with Crippen molar-refractivity contribution in [3.63, 3.8) is 0 Å². The fourth-order valence-electron chi connectivity index (χ4n) is 2.83. The molecule has 0 amide bonds. The fourth-order valence-corrected chi connectivity index (χ4v) is 2.83. The lowest BCUT2D eigenvalue weighted by Gasteiger charge is -2.16. The first-order chi connectivity index (χ1) is 10.9. The molecule has 0 radical (unpaired) electrons. The van der Waals surface area contributed by atoms with Gasteiger partial charge in [-0.1, -0.05) is 36.4 Å². The van der Waals surface area contributed by atoms with Gasteiger partial charge in [0.15, 0.2) is 11.5 Å². The van der Waals surface area contributed by atoms with Gasteiger partial charge in [0, 0.05) is 6.04 Å². The highest BCUT2D eigenvalue weighted by atomic mass is 16.5. The van der Waals surface area contributed by atoms with Crippen LogP contribution in [0.2, 0.25) is 0 Å². The van der Waals surface area contributed by atoms with Gasteiger partial charge in [-0.05, 0) is 49.6 Å². The van der Waals surface area contributed by atoms with Crippen LogP contribution in [-0.2, 0) is 6.61 Å². The Labute approximate surface area is 132 Å². The minimum atomic E-state index is 0.447. The van der Waals surface area contributed by atoms with Crippen LogP contribution in [0.15, 0.2) is 48.5 Å². The Morgan fingerprint density at radius 1 is 1.05 bits per heavy atom. The van der Waals surface area contributed by atoms with E-state index in [1.165, 1.54) is 18.4 Å². The van der Waals surface area contributed by atoms with Crippen molar-refractivity contribution in [1.29, 1.82) is 0 Å². The lowest BCUT2D eigenvalue weighted by Crippen LogP contribution is -2.13. The molecule has 1 atom stereocenters. The first kappa shape index (κ1) is 14.9. The van der Waals surface area contributed by atoms with E-state index in [9.17, 15) is 0 Å². The Kier molecular flexibility index (Phi) is 4.96. The van der Waals surface area contributed by atoms with Crippen molar-refractivity contribution in [3.05, 3.63) is 59.7 Å². The number of rotatable bonds is 6. The quantitative estimate of drug-likeness (QED) is 0.871. The van der Waals surface area contributed by atoms with Gasteiger partial charge < -0.3 is 14.8 Å². The van der Waals surface area contributed by atoms with Crippen LogP contribution >= 0.6 is 0 Å². The van der Waals surface area contributed by atoms with Crippen LogP contribution in [0.5, 0.6) is 11.5 Å². The standard InChI is InChI=1S/C19H23NO2/c1-2-21-19-13-16(17-9-6-12-20-17)10-11-18(19)22-14-15-7-4-3-5-8-15/h3-5,7-8,10-11,13,17,20H,2,6,9,12,14H2,1H3/t17-/m1/s1. The van der Waals surface area contributed by atoms with E-state index in [2.05, 4.69) is 29.6 Å². The Morgan fingerprint density at radius 3 is 2.64 bits per heavy atom. The highest BCUT2D eigenvalue weighted by molar-refractivity contribution is 5.44. The lowest BCUT2D eigenvalue weighted by molar-refractivity contribution is 0.269. The van der Waals surface area contributed by atoms with Crippen LogP contribution in [0, 0.1) is 0 Å². The second-order valence-electron chi connectivity index (χ2n) is 5.56. The minimum Gasteiger partial charge on any atom is -0.490 e. The van der Waals surface area contributed by atoms with Crippen molar-refractivity contribution in [2.24, 2.45) is 0 Å². The molecule has 0 unspecified atom stereocenters. The maximum Gasteiger partial charge on any atom is 0.161 e. The highest BCUT2D eigenvalue weighted by Gasteiger charge is 2.18. The SMILES string of the molecule is CCOc1cc([C@H]2CCCN2)ccc1OCc1ccccc1. The average molecular weight is 297 g/mol. The molecular formula is C19H23NO2. The van der Waals surface area contributed by atoms with Gasteiger partial charge in [-0.25, -0.2) is 0 Å². The second kappa shape index (κ2) is 7.32. The summed E-state index contributed by atoms with van der Waals surface area (Å²) in [5, 5.41) is 3.52. The second-order valence-corrected chi connectivity index (χ2v) is 5.56. The molecule has 3 rings (SSSR count). The average Bonchev–Trinajstić information content (AvgIpc) is 3.09. The van der Waals surface area contributed by atoms with Crippen LogP contribution in [-0.4, -0.2) is 13.2 Å². The van der Waals surface area contributed by atoms with Crippen LogP contribution in [0.25, 0.3) is 0 Å². The first-order valence-corrected chi connectivity index (χ1v) is 8.03. The normalized spacial score (nSPS) is 17.4. The zero-order valence-corrected chi connectivity index (χ0v) is 13.0. The summed E-state index contributed by atoms with van der Waals surface area (Å²) in [6, 6.07) is 16.9. The van der Waals surface area contributed by atoms with Crippen LogP contribution < -0.4 is 14.8 Å². The van der Waals surface area contributed by atoms with E-state index in [4.69, 9.17) is 9.47 Å². The van der Waals surface area contributed by atoms with E-state index >= 15 is 0 Å². The Morgan fingerprint density at radius 2 is 1.91 bits per heavy atom. The largest absolute Gasteiger partial charge is 0.490 e. The van der Waals surface area contributed by atoms with Gasteiger partial charge in [0.25, 0.3) is 0 Å². The molecule has 2 aromatic carbocycles. The molecule has 0 saturated carbocycles. The summed E-state index contributed by atoms with van der Waals surface area (Å²) < 4.78 is 11.7. The van der Waals surface area contributed by atoms with E-state index in [0.29, 0.717) is 19.3 Å². The van der Waals surface area contributed by atoms with Crippen molar-refractivity contribution in [1.82, 2.24) is 5.32 Å². The molecular weight excluding hydrogens is 274 g/mol. The Hall–Kier alpha value is -2.00. The van der Waals surface area contributed by atoms with Crippen LogP contribution in [0.4, 0.5) is 0 Å². The lowest BCUT2D eigenvalue weighted by atomic mass is 10.0. The molecule has 0 bridgehead atoms. The predicted octanol–water partition coefficient (Wildman–Crippen LogP) is 4.09. The third-order valence-corrected chi connectivity index (χ3v) is 3.97. The van der Waals surface area contributed by atoms with Crippen LogP contribution in [0.1, 0.15) is 36.9 Å². The predicted molar refractivity (Wildman–Crippen MR) is 88.4 cm³/mol. The van der Waals surface area contributed by atoms with E-state index in [0.717, 1.165) is 23.6 Å². The van der Waals surface area contributed by atoms with E-state index in [-0.39, 0.29) is 0 Å². The minimum absolute atomic E-state index is 0.447. The molecule has 0 aromatic heterocycles. The number of hydrogen-bond donors (Lipinski definition) is 1. The molecule has 0 spiro atoms. The maximum absolute atomic E-state index is 5.95. The molecule has 1 aliphatic heterocycles.